The van der Waals surface area contributed by atoms with Crippen LogP contribution in [0.3, 0.4) is 0 Å². The van der Waals surface area contributed by atoms with Gasteiger partial charge in [-0.05, 0) is 63.2 Å². The smallest absolute Gasteiger partial charge is 0.251 e. The van der Waals surface area contributed by atoms with Crippen LogP contribution in [0.4, 0.5) is 11.6 Å². The van der Waals surface area contributed by atoms with E-state index in [0.717, 1.165) is 71.7 Å². The largest absolute Gasteiger partial charge is 0.370 e. The van der Waals surface area contributed by atoms with Gasteiger partial charge in [-0.3, -0.25) is 9.78 Å². The second kappa shape index (κ2) is 11.3. The number of anilines is 2. The van der Waals surface area contributed by atoms with Gasteiger partial charge in [0.15, 0.2) is 0 Å². The number of amides is 1. The summed E-state index contributed by atoms with van der Waals surface area (Å²) in [4.78, 5) is 32.6. The lowest BCUT2D eigenvalue weighted by molar-refractivity contribution is 0.0964. The summed E-state index contributed by atoms with van der Waals surface area (Å²) in [6.45, 7) is 2.89. The van der Waals surface area contributed by atoms with Gasteiger partial charge < -0.3 is 20.9 Å². The Morgan fingerprint density at radius 1 is 1.03 bits per heavy atom. The van der Waals surface area contributed by atoms with Crippen LogP contribution >= 0.6 is 0 Å². The number of piperidine rings is 1. The van der Waals surface area contributed by atoms with Crippen LogP contribution < -0.4 is 16.0 Å². The molecule has 1 saturated heterocycles. The Morgan fingerprint density at radius 3 is 2.68 bits per heavy atom. The summed E-state index contributed by atoms with van der Waals surface area (Å²) in [6.07, 6.45) is 8.10. The summed E-state index contributed by atoms with van der Waals surface area (Å²) in [6, 6.07) is 14.2. The number of pyridine rings is 2. The zero-order valence-electron chi connectivity index (χ0n) is 21.2. The zero-order valence-corrected chi connectivity index (χ0v) is 21.2. The molecule has 0 radical (unpaired) electrons. The first kappa shape index (κ1) is 24.6. The molecule has 9 nitrogen and oxygen atoms in total. The van der Waals surface area contributed by atoms with Crippen LogP contribution in [-0.4, -0.2) is 70.5 Å². The van der Waals surface area contributed by atoms with E-state index in [0.29, 0.717) is 18.2 Å². The highest BCUT2D eigenvalue weighted by molar-refractivity contribution is 6.06. The van der Waals surface area contributed by atoms with Gasteiger partial charge in [-0.25, -0.2) is 15.0 Å². The van der Waals surface area contributed by atoms with Crippen LogP contribution in [-0.2, 0) is 6.42 Å². The van der Waals surface area contributed by atoms with Crippen LogP contribution in [0, 0.1) is 0 Å². The fourth-order valence-electron chi connectivity index (χ4n) is 4.70. The van der Waals surface area contributed by atoms with E-state index in [1.54, 1.807) is 25.6 Å². The number of benzene rings is 1. The maximum absolute atomic E-state index is 12.2. The van der Waals surface area contributed by atoms with Crippen molar-refractivity contribution in [2.24, 2.45) is 0 Å². The fourth-order valence-corrected chi connectivity index (χ4v) is 4.70. The van der Waals surface area contributed by atoms with E-state index in [-0.39, 0.29) is 5.91 Å². The van der Waals surface area contributed by atoms with Crippen LogP contribution in [0.5, 0.6) is 0 Å². The van der Waals surface area contributed by atoms with E-state index in [2.05, 4.69) is 47.8 Å². The van der Waals surface area contributed by atoms with Crippen molar-refractivity contribution in [2.75, 3.05) is 44.4 Å². The van der Waals surface area contributed by atoms with E-state index in [1.165, 1.54) is 0 Å². The number of nitrogens with zero attached hydrogens (tertiary/aromatic N) is 5. The van der Waals surface area contributed by atoms with Crippen LogP contribution in [0.1, 0.15) is 28.8 Å². The van der Waals surface area contributed by atoms with Crippen molar-refractivity contribution >= 4 is 28.4 Å². The molecule has 0 saturated carbocycles. The highest BCUT2D eigenvalue weighted by Crippen LogP contribution is 2.23. The minimum Gasteiger partial charge on any atom is -0.370 e. The van der Waals surface area contributed by atoms with Gasteiger partial charge in [0.2, 0.25) is 0 Å². The molecule has 4 heterocycles. The molecule has 0 spiro atoms. The lowest BCUT2D eigenvalue weighted by atomic mass is 10.0. The predicted molar refractivity (Wildman–Crippen MR) is 147 cm³/mol. The SMILES string of the molecule is CNC(=O)c1ccnc2c(CCNc3cc(-c4ccc(NC5CCN(C)CC5)nc4)ncn3)cccc12. The van der Waals surface area contributed by atoms with E-state index >= 15 is 0 Å². The maximum atomic E-state index is 12.2. The average molecular weight is 497 g/mol. The van der Waals surface area contributed by atoms with Gasteiger partial charge in [0.25, 0.3) is 5.91 Å². The molecular weight excluding hydrogens is 464 g/mol. The van der Waals surface area contributed by atoms with Gasteiger partial charge >= 0.3 is 0 Å². The quantitative estimate of drug-likeness (QED) is 0.340. The van der Waals surface area contributed by atoms with Gasteiger partial charge in [0.1, 0.15) is 18.0 Å². The summed E-state index contributed by atoms with van der Waals surface area (Å²) in [5, 5.41) is 10.5. The zero-order chi connectivity index (χ0) is 25.6. The van der Waals surface area contributed by atoms with Crippen molar-refractivity contribution in [1.82, 2.24) is 30.2 Å². The van der Waals surface area contributed by atoms with Crippen molar-refractivity contribution in [2.45, 2.75) is 25.3 Å². The first-order valence-electron chi connectivity index (χ1n) is 12.7. The third kappa shape index (κ3) is 5.83. The normalized spacial score (nSPS) is 14.4. The number of fused-ring (bicyclic) bond motifs is 1. The minimum atomic E-state index is -0.115. The number of nitrogens with one attached hydrogen (secondary N) is 3. The maximum Gasteiger partial charge on any atom is 0.251 e. The van der Waals surface area contributed by atoms with E-state index in [9.17, 15) is 4.79 Å². The van der Waals surface area contributed by atoms with Gasteiger partial charge in [-0.15, -0.1) is 0 Å². The molecule has 1 aliphatic rings. The molecule has 9 heteroatoms. The van der Waals surface area contributed by atoms with Crippen LogP contribution in [0.25, 0.3) is 22.2 Å². The minimum absolute atomic E-state index is 0.115. The Kier molecular flexibility index (Phi) is 7.51. The van der Waals surface area contributed by atoms with Gasteiger partial charge in [0.05, 0.1) is 16.8 Å². The molecule has 190 valence electrons. The summed E-state index contributed by atoms with van der Waals surface area (Å²) >= 11 is 0. The van der Waals surface area contributed by atoms with Crippen molar-refractivity contribution < 1.29 is 4.79 Å². The molecule has 0 aliphatic carbocycles. The number of para-hydroxylation sites is 1. The van der Waals surface area contributed by atoms with Crippen LogP contribution in [0.15, 0.2) is 61.2 Å². The number of hydrogen-bond donors (Lipinski definition) is 3. The van der Waals surface area contributed by atoms with Crippen LogP contribution in [0.2, 0.25) is 0 Å². The predicted octanol–water partition coefficient (Wildman–Crippen LogP) is 3.61. The second-order valence-corrected chi connectivity index (χ2v) is 9.37. The van der Waals surface area contributed by atoms with Crippen molar-refractivity contribution in [1.29, 1.82) is 0 Å². The molecule has 37 heavy (non-hydrogen) atoms. The number of carbonyl (C=O) groups is 1. The molecular formula is C28H32N8O. The van der Waals surface area contributed by atoms with Crippen molar-refractivity contribution in [3.8, 4) is 11.3 Å². The highest BCUT2D eigenvalue weighted by atomic mass is 16.1. The topological polar surface area (TPSA) is 108 Å². The number of carbonyl (C=O) groups excluding carboxylic acids is 1. The standard InChI is InChI=1S/C28H32N8O/c1-29-28(37)23-9-13-31-27-19(4-3-5-22(23)27)8-12-30-26-16-24(33-18-34-26)20-6-7-25(32-17-20)35-21-10-14-36(2)15-11-21/h3-7,9,13,16-18,21H,8,10-12,14-15H2,1-2H3,(H,29,37)(H,32,35)(H,30,33,34). The summed E-state index contributed by atoms with van der Waals surface area (Å²) in [7, 11) is 3.80. The number of likely N-dealkylation sites (tertiary alicyclic amines) is 1. The molecule has 3 aromatic heterocycles. The Morgan fingerprint density at radius 2 is 1.89 bits per heavy atom. The van der Waals surface area contributed by atoms with Gasteiger partial charge in [-0.2, -0.15) is 0 Å². The summed E-state index contributed by atoms with van der Waals surface area (Å²) in [5.41, 5.74) is 4.30. The Hall–Kier alpha value is -4.11. The second-order valence-electron chi connectivity index (χ2n) is 9.37. The van der Waals surface area contributed by atoms with Crippen molar-refractivity contribution in [3.05, 3.63) is 72.3 Å². The van der Waals surface area contributed by atoms with E-state index in [1.807, 2.05) is 42.6 Å². The molecule has 1 fully saturated rings. The number of aromatic nitrogens is 4. The molecule has 0 atom stereocenters. The average Bonchev–Trinajstić information content (AvgIpc) is 2.94. The third-order valence-corrected chi connectivity index (χ3v) is 6.82. The Balaban J connectivity index is 1.22. The lowest BCUT2D eigenvalue weighted by Crippen LogP contribution is -2.36. The van der Waals surface area contributed by atoms with E-state index < -0.39 is 0 Å². The molecule has 1 aromatic carbocycles. The molecule has 0 bridgehead atoms. The lowest BCUT2D eigenvalue weighted by Gasteiger charge is -2.29. The fraction of sp³-hybridized carbons (Fsp3) is 0.321. The molecule has 1 amide bonds. The van der Waals surface area contributed by atoms with Crippen molar-refractivity contribution in [3.63, 3.8) is 0 Å². The summed E-state index contributed by atoms with van der Waals surface area (Å²) in [5.74, 6) is 1.53. The van der Waals surface area contributed by atoms with Gasteiger partial charge in [0, 0.05) is 49.0 Å². The molecule has 1 aliphatic heterocycles. The molecule has 3 N–H and O–H groups in total. The third-order valence-electron chi connectivity index (χ3n) is 6.82. The molecule has 0 unspecified atom stereocenters. The first-order valence-corrected chi connectivity index (χ1v) is 12.7. The molecule has 4 aromatic rings. The first-order chi connectivity index (χ1) is 18.1. The Labute approximate surface area is 216 Å². The number of rotatable bonds is 8. The van der Waals surface area contributed by atoms with Gasteiger partial charge in [-0.1, -0.05) is 18.2 Å². The highest BCUT2D eigenvalue weighted by Gasteiger charge is 2.16. The monoisotopic (exact) mass is 496 g/mol. The Bertz CT molecular complexity index is 1370. The molecule has 5 rings (SSSR count). The number of hydrogen-bond acceptors (Lipinski definition) is 8. The summed E-state index contributed by atoms with van der Waals surface area (Å²) < 4.78 is 0. The van der Waals surface area contributed by atoms with E-state index in [4.69, 9.17) is 0 Å².